The maximum absolute atomic E-state index is 12.5. The molecule has 1 heterocycles. The number of rotatable bonds is 5. The van der Waals surface area contributed by atoms with Crippen molar-refractivity contribution < 1.29 is 4.79 Å². The van der Waals surface area contributed by atoms with E-state index in [1.165, 1.54) is 0 Å². The molecule has 1 amide bonds. The van der Waals surface area contributed by atoms with Crippen LogP contribution in [0.25, 0.3) is 0 Å². The Bertz CT molecular complexity index is 780. The lowest BCUT2D eigenvalue weighted by Crippen LogP contribution is -2.22. The van der Waals surface area contributed by atoms with Gasteiger partial charge in [0, 0.05) is 6.20 Å². The molecule has 122 valence electrons. The Kier molecular flexibility index (Phi) is 4.62. The molecule has 2 aromatic rings. The van der Waals surface area contributed by atoms with Crippen LogP contribution in [0.3, 0.4) is 0 Å². The molecule has 0 saturated heterocycles. The number of carbonyl (C=O) groups excluding carboxylic acids is 1. The average molecular weight is 341 g/mol. The summed E-state index contributed by atoms with van der Waals surface area (Å²) in [5, 5.41) is 3.41. The Hall–Kier alpha value is -2.66. The second kappa shape index (κ2) is 6.84. The van der Waals surface area contributed by atoms with E-state index < -0.39 is 5.41 Å². The van der Waals surface area contributed by atoms with Gasteiger partial charge in [0.1, 0.15) is 11.0 Å². The van der Waals surface area contributed by atoms with E-state index in [1.807, 2.05) is 30.3 Å². The molecule has 0 bridgehead atoms. The van der Waals surface area contributed by atoms with E-state index >= 15 is 0 Å². The molecule has 0 aliphatic heterocycles. The van der Waals surface area contributed by atoms with Gasteiger partial charge in [-0.15, -0.1) is 0 Å². The summed E-state index contributed by atoms with van der Waals surface area (Å²) in [6.45, 7) is 0. The summed E-state index contributed by atoms with van der Waals surface area (Å²) in [5.74, 6) is -0.0272. The summed E-state index contributed by atoms with van der Waals surface area (Å²) in [5.41, 5.74) is 7.10. The molecule has 3 N–H and O–H groups in total. The Morgan fingerprint density at radius 3 is 2.62 bits per heavy atom. The minimum Gasteiger partial charge on any atom is -0.384 e. The van der Waals surface area contributed by atoms with Gasteiger partial charge in [0.2, 0.25) is 0 Å². The van der Waals surface area contributed by atoms with Crippen LogP contribution in [0.2, 0.25) is 5.15 Å². The predicted octanol–water partition coefficient (Wildman–Crippen LogP) is 3.28. The molecule has 3 rings (SSSR count). The van der Waals surface area contributed by atoms with E-state index in [0.29, 0.717) is 5.15 Å². The summed E-state index contributed by atoms with van der Waals surface area (Å²) in [6, 6.07) is 13.2. The van der Waals surface area contributed by atoms with Crippen molar-refractivity contribution in [3.05, 3.63) is 71.7 Å². The number of amidine groups is 1. The van der Waals surface area contributed by atoms with Crippen molar-refractivity contribution in [2.45, 2.75) is 18.3 Å². The highest BCUT2D eigenvalue weighted by Crippen LogP contribution is 2.49. The van der Waals surface area contributed by atoms with Crippen LogP contribution in [-0.4, -0.2) is 16.7 Å². The molecule has 1 aromatic heterocycles. The monoisotopic (exact) mass is 340 g/mol. The van der Waals surface area contributed by atoms with Gasteiger partial charge in [0.25, 0.3) is 5.91 Å². The molecule has 1 aliphatic rings. The number of halogens is 1. The number of hydrogen-bond acceptors (Lipinski definition) is 3. The first-order valence-corrected chi connectivity index (χ1v) is 7.97. The summed E-state index contributed by atoms with van der Waals surface area (Å²) in [4.78, 5) is 20.4. The smallest absolute Gasteiger partial charge is 0.258 e. The molecule has 6 heteroatoms. The normalized spacial score (nSPS) is 16.1. The Labute approximate surface area is 145 Å². The lowest BCUT2D eigenvalue weighted by Gasteiger charge is -2.11. The van der Waals surface area contributed by atoms with Crippen LogP contribution >= 0.6 is 11.6 Å². The van der Waals surface area contributed by atoms with Crippen molar-refractivity contribution in [3.63, 3.8) is 0 Å². The van der Waals surface area contributed by atoms with Crippen molar-refractivity contribution in [3.8, 4) is 0 Å². The number of anilines is 1. The van der Waals surface area contributed by atoms with Crippen molar-refractivity contribution in [2.75, 3.05) is 5.32 Å². The molecule has 0 spiro atoms. The number of nitrogens with one attached hydrogen (secondary N) is 1. The van der Waals surface area contributed by atoms with Crippen molar-refractivity contribution in [2.24, 2.45) is 10.7 Å². The molecule has 0 atom stereocenters. The first kappa shape index (κ1) is 16.2. The number of hydrogen-bond donors (Lipinski definition) is 2. The van der Waals surface area contributed by atoms with Gasteiger partial charge in [0.15, 0.2) is 0 Å². The van der Waals surface area contributed by atoms with E-state index in [0.717, 1.165) is 24.1 Å². The van der Waals surface area contributed by atoms with Crippen LogP contribution < -0.4 is 11.1 Å². The molecule has 1 aromatic carbocycles. The Balaban J connectivity index is 1.64. The topological polar surface area (TPSA) is 80.4 Å². The lowest BCUT2D eigenvalue weighted by molar-refractivity contribution is -0.120. The van der Waals surface area contributed by atoms with Crippen LogP contribution in [0.15, 0.2) is 65.9 Å². The summed E-state index contributed by atoms with van der Waals surface area (Å²) in [7, 11) is 0. The van der Waals surface area contributed by atoms with E-state index in [4.69, 9.17) is 17.3 Å². The molecular formula is C18H17ClN4O. The average Bonchev–Trinajstić information content (AvgIpc) is 3.39. The first-order valence-electron chi connectivity index (χ1n) is 7.59. The maximum atomic E-state index is 12.5. The predicted molar refractivity (Wildman–Crippen MR) is 96.0 cm³/mol. The SMILES string of the molecule is NC(/C=C\Nc1ccc(Cl)nc1)=NC(=O)C1(c2ccccc2)CC1. The maximum Gasteiger partial charge on any atom is 0.258 e. The third kappa shape index (κ3) is 3.63. The summed E-state index contributed by atoms with van der Waals surface area (Å²) in [6.07, 6.45) is 6.38. The quantitative estimate of drug-likeness (QED) is 0.497. The fourth-order valence-corrected chi connectivity index (χ4v) is 2.57. The molecule has 0 unspecified atom stereocenters. The van der Waals surface area contributed by atoms with Crippen molar-refractivity contribution in [1.29, 1.82) is 0 Å². The fraction of sp³-hybridized carbons (Fsp3) is 0.167. The van der Waals surface area contributed by atoms with Crippen LogP contribution in [0, 0.1) is 0 Å². The zero-order chi connectivity index (χ0) is 17.0. The zero-order valence-electron chi connectivity index (χ0n) is 12.9. The van der Waals surface area contributed by atoms with Gasteiger partial charge in [-0.2, -0.15) is 4.99 Å². The van der Waals surface area contributed by atoms with Crippen molar-refractivity contribution in [1.82, 2.24) is 4.98 Å². The minimum atomic E-state index is -0.493. The van der Waals surface area contributed by atoms with E-state index in [1.54, 1.807) is 30.6 Å². The second-order valence-corrected chi connectivity index (χ2v) is 6.02. The third-order valence-electron chi connectivity index (χ3n) is 3.95. The molecule has 5 nitrogen and oxygen atoms in total. The van der Waals surface area contributed by atoms with Gasteiger partial charge in [-0.1, -0.05) is 41.9 Å². The van der Waals surface area contributed by atoms with Crippen LogP contribution in [0.5, 0.6) is 0 Å². The van der Waals surface area contributed by atoms with Gasteiger partial charge in [-0.3, -0.25) is 4.79 Å². The summed E-state index contributed by atoms with van der Waals surface area (Å²) >= 11 is 5.72. The molecule has 1 aliphatic carbocycles. The highest BCUT2D eigenvalue weighted by Gasteiger charge is 2.51. The van der Waals surface area contributed by atoms with E-state index in [9.17, 15) is 4.79 Å². The van der Waals surface area contributed by atoms with Gasteiger partial charge < -0.3 is 11.1 Å². The van der Waals surface area contributed by atoms with Gasteiger partial charge in [0.05, 0.1) is 17.3 Å². The molecule has 0 radical (unpaired) electrons. The Morgan fingerprint density at radius 1 is 1.25 bits per heavy atom. The minimum absolute atomic E-state index is 0.164. The van der Waals surface area contributed by atoms with Crippen LogP contribution in [0.1, 0.15) is 18.4 Å². The van der Waals surface area contributed by atoms with Gasteiger partial charge >= 0.3 is 0 Å². The number of pyridine rings is 1. The van der Waals surface area contributed by atoms with Crippen LogP contribution in [0.4, 0.5) is 5.69 Å². The van der Waals surface area contributed by atoms with Gasteiger partial charge in [-0.25, -0.2) is 4.98 Å². The van der Waals surface area contributed by atoms with E-state index in [2.05, 4.69) is 15.3 Å². The lowest BCUT2D eigenvalue weighted by atomic mass is 9.95. The number of nitrogens with zero attached hydrogens (tertiary/aromatic N) is 2. The number of aromatic nitrogens is 1. The standard InChI is InChI=1S/C18H17ClN4O/c19-15-7-6-14(12-22-15)21-11-8-16(20)23-17(24)18(9-10-18)13-4-2-1-3-5-13/h1-8,11-12,21H,9-10H2,(H2,20,23,24)/b11-8-. The first-order chi connectivity index (χ1) is 11.6. The molecule has 24 heavy (non-hydrogen) atoms. The fourth-order valence-electron chi connectivity index (χ4n) is 2.45. The highest BCUT2D eigenvalue weighted by molar-refractivity contribution is 6.29. The van der Waals surface area contributed by atoms with E-state index in [-0.39, 0.29) is 11.7 Å². The molecule has 1 saturated carbocycles. The number of aliphatic imine (C=N–C) groups is 1. The number of carbonyl (C=O) groups is 1. The highest BCUT2D eigenvalue weighted by atomic mass is 35.5. The number of amides is 1. The number of benzene rings is 1. The van der Waals surface area contributed by atoms with Crippen LogP contribution in [-0.2, 0) is 10.2 Å². The number of nitrogens with two attached hydrogens (primary N) is 1. The third-order valence-corrected chi connectivity index (χ3v) is 4.17. The van der Waals surface area contributed by atoms with Gasteiger partial charge in [-0.05, 0) is 36.6 Å². The second-order valence-electron chi connectivity index (χ2n) is 5.64. The Morgan fingerprint density at radius 2 is 2.00 bits per heavy atom. The zero-order valence-corrected chi connectivity index (χ0v) is 13.7. The largest absolute Gasteiger partial charge is 0.384 e. The molecule has 1 fully saturated rings. The van der Waals surface area contributed by atoms with Crippen molar-refractivity contribution >= 4 is 29.0 Å². The summed E-state index contributed by atoms with van der Waals surface area (Å²) < 4.78 is 0. The molecular weight excluding hydrogens is 324 g/mol.